The number of nitrogens with zero attached hydrogens (tertiary/aromatic N) is 1. The average molecular weight is 131 g/mol. The van der Waals surface area contributed by atoms with Gasteiger partial charge >= 0.3 is 0 Å². The van der Waals surface area contributed by atoms with Gasteiger partial charge in [-0.25, -0.2) is 4.39 Å². The maximum absolute atomic E-state index is 12.2. The van der Waals surface area contributed by atoms with Gasteiger partial charge in [-0.3, -0.25) is 4.90 Å². The maximum atomic E-state index is 12.2. The van der Waals surface area contributed by atoms with Gasteiger partial charge < -0.3 is 0 Å². The Labute approximate surface area is 55.8 Å². The molecule has 0 spiro atoms. The fraction of sp³-hybridized carbons (Fsp3) is 1.00. The van der Waals surface area contributed by atoms with Gasteiger partial charge in [0, 0.05) is 19.1 Å². The summed E-state index contributed by atoms with van der Waals surface area (Å²) in [5, 5.41) is 0. The van der Waals surface area contributed by atoms with E-state index in [1.165, 1.54) is 0 Å². The Morgan fingerprint density at radius 2 is 2.22 bits per heavy atom. The monoisotopic (exact) mass is 131 g/mol. The summed E-state index contributed by atoms with van der Waals surface area (Å²) < 4.78 is 12.2. The first-order chi connectivity index (χ1) is 4.24. The number of hydrogen-bond donors (Lipinski definition) is 0. The highest BCUT2D eigenvalue weighted by atomic mass is 19.1. The standard InChI is InChI=1S/C7H14FN/c1-3-6(2)9-4-7(8)5-9/h6-7H,3-5H2,1-2H3. The molecule has 0 saturated carbocycles. The van der Waals surface area contributed by atoms with E-state index in [2.05, 4.69) is 18.7 Å². The molecule has 1 saturated heterocycles. The summed E-state index contributed by atoms with van der Waals surface area (Å²) in [6, 6.07) is 0.581. The molecule has 0 bridgehead atoms. The maximum Gasteiger partial charge on any atom is 0.125 e. The van der Waals surface area contributed by atoms with Crippen LogP contribution in [0.4, 0.5) is 4.39 Å². The Hall–Kier alpha value is -0.110. The normalized spacial score (nSPS) is 25.7. The van der Waals surface area contributed by atoms with Gasteiger partial charge in [-0.1, -0.05) is 6.92 Å². The van der Waals surface area contributed by atoms with E-state index in [0.717, 1.165) is 6.42 Å². The Bertz CT molecular complexity index is 88.9. The van der Waals surface area contributed by atoms with E-state index in [1.807, 2.05) is 0 Å². The van der Waals surface area contributed by atoms with Crippen molar-refractivity contribution in [2.24, 2.45) is 0 Å². The van der Waals surface area contributed by atoms with E-state index in [-0.39, 0.29) is 0 Å². The molecular formula is C7H14FN. The Morgan fingerprint density at radius 1 is 1.67 bits per heavy atom. The van der Waals surface area contributed by atoms with Gasteiger partial charge in [0.05, 0.1) is 0 Å². The minimum absolute atomic E-state index is 0.543. The third-order valence-electron chi connectivity index (χ3n) is 2.08. The number of rotatable bonds is 2. The second-order valence-electron chi connectivity index (χ2n) is 2.81. The van der Waals surface area contributed by atoms with Crippen molar-refractivity contribution in [3.05, 3.63) is 0 Å². The van der Waals surface area contributed by atoms with Crippen molar-refractivity contribution in [3.8, 4) is 0 Å². The molecule has 0 N–H and O–H groups in total. The molecule has 0 radical (unpaired) electrons. The summed E-state index contributed by atoms with van der Waals surface area (Å²) >= 11 is 0. The summed E-state index contributed by atoms with van der Waals surface area (Å²) in [6.07, 6.45) is 0.589. The first-order valence-corrected chi connectivity index (χ1v) is 3.62. The molecule has 1 nitrogen and oxygen atoms in total. The second-order valence-corrected chi connectivity index (χ2v) is 2.81. The van der Waals surface area contributed by atoms with Crippen LogP contribution < -0.4 is 0 Å². The van der Waals surface area contributed by atoms with Crippen molar-refractivity contribution in [2.75, 3.05) is 13.1 Å². The van der Waals surface area contributed by atoms with E-state index in [4.69, 9.17) is 0 Å². The zero-order chi connectivity index (χ0) is 6.85. The minimum atomic E-state index is -0.543. The molecule has 1 heterocycles. The molecule has 0 aliphatic carbocycles. The van der Waals surface area contributed by atoms with E-state index in [1.54, 1.807) is 0 Å². The van der Waals surface area contributed by atoms with Gasteiger partial charge in [0.25, 0.3) is 0 Å². The molecule has 1 aliphatic heterocycles. The fourth-order valence-electron chi connectivity index (χ4n) is 1.07. The van der Waals surface area contributed by atoms with Crippen LogP contribution in [0.25, 0.3) is 0 Å². The third-order valence-corrected chi connectivity index (χ3v) is 2.08. The summed E-state index contributed by atoms with van der Waals surface area (Å²) in [7, 11) is 0. The summed E-state index contributed by atoms with van der Waals surface area (Å²) in [4.78, 5) is 2.17. The summed E-state index contributed by atoms with van der Waals surface area (Å²) in [6.45, 7) is 5.60. The van der Waals surface area contributed by atoms with E-state index < -0.39 is 6.17 Å². The van der Waals surface area contributed by atoms with Crippen LogP contribution in [0.5, 0.6) is 0 Å². The highest BCUT2D eigenvalue weighted by molar-refractivity contribution is 4.82. The molecule has 54 valence electrons. The summed E-state index contributed by atoms with van der Waals surface area (Å²) in [5.41, 5.74) is 0. The molecule has 0 aromatic heterocycles. The minimum Gasteiger partial charge on any atom is -0.295 e. The lowest BCUT2D eigenvalue weighted by Gasteiger charge is -2.38. The van der Waals surface area contributed by atoms with Crippen molar-refractivity contribution in [3.63, 3.8) is 0 Å². The highest BCUT2D eigenvalue weighted by Crippen LogP contribution is 2.15. The third kappa shape index (κ3) is 1.42. The lowest BCUT2D eigenvalue weighted by Crippen LogP contribution is -2.52. The van der Waals surface area contributed by atoms with Gasteiger partial charge in [-0.2, -0.15) is 0 Å². The quantitative estimate of drug-likeness (QED) is 0.548. The SMILES string of the molecule is CCC(C)N1CC(F)C1. The summed E-state index contributed by atoms with van der Waals surface area (Å²) in [5.74, 6) is 0. The van der Waals surface area contributed by atoms with Crippen LogP contribution in [0.3, 0.4) is 0 Å². The second kappa shape index (κ2) is 2.65. The molecule has 1 unspecified atom stereocenters. The van der Waals surface area contributed by atoms with E-state index in [0.29, 0.717) is 19.1 Å². The van der Waals surface area contributed by atoms with Crippen LogP contribution >= 0.6 is 0 Å². The Balaban J connectivity index is 2.15. The first kappa shape index (κ1) is 7.00. The van der Waals surface area contributed by atoms with Gasteiger partial charge in [-0.05, 0) is 13.3 Å². The predicted molar refractivity (Wildman–Crippen MR) is 36.2 cm³/mol. The van der Waals surface area contributed by atoms with Gasteiger partial charge in [0.1, 0.15) is 6.17 Å². The molecule has 1 aliphatic rings. The van der Waals surface area contributed by atoms with Crippen LogP contribution in [-0.4, -0.2) is 30.2 Å². The Morgan fingerprint density at radius 3 is 2.56 bits per heavy atom. The van der Waals surface area contributed by atoms with Gasteiger partial charge in [0.15, 0.2) is 0 Å². The molecular weight excluding hydrogens is 117 g/mol. The number of halogens is 1. The molecule has 0 aromatic rings. The predicted octanol–water partition coefficient (Wildman–Crippen LogP) is 1.44. The zero-order valence-corrected chi connectivity index (χ0v) is 6.10. The van der Waals surface area contributed by atoms with Gasteiger partial charge in [0.2, 0.25) is 0 Å². The average Bonchev–Trinajstić information content (AvgIpc) is 1.79. The van der Waals surface area contributed by atoms with Crippen LogP contribution in [-0.2, 0) is 0 Å². The van der Waals surface area contributed by atoms with Crippen molar-refractivity contribution < 1.29 is 4.39 Å². The Kier molecular flexibility index (Phi) is 2.06. The van der Waals surface area contributed by atoms with Crippen molar-refractivity contribution >= 4 is 0 Å². The van der Waals surface area contributed by atoms with Gasteiger partial charge in [-0.15, -0.1) is 0 Å². The number of likely N-dealkylation sites (tertiary alicyclic amines) is 1. The number of alkyl halides is 1. The van der Waals surface area contributed by atoms with Crippen LogP contribution in [0, 0.1) is 0 Å². The van der Waals surface area contributed by atoms with Crippen LogP contribution in [0.2, 0.25) is 0 Å². The van der Waals surface area contributed by atoms with Crippen molar-refractivity contribution in [2.45, 2.75) is 32.5 Å². The zero-order valence-electron chi connectivity index (χ0n) is 6.10. The largest absolute Gasteiger partial charge is 0.295 e. The van der Waals surface area contributed by atoms with E-state index in [9.17, 15) is 4.39 Å². The van der Waals surface area contributed by atoms with Crippen molar-refractivity contribution in [1.82, 2.24) is 4.90 Å². The fourth-order valence-corrected chi connectivity index (χ4v) is 1.07. The smallest absolute Gasteiger partial charge is 0.125 e. The molecule has 0 aromatic carbocycles. The molecule has 1 fully saturated rings. The molecule has 1 rings (SSSR count). The first-order valence-electron chi connectivity index (χ1n) is 3.62. The topological polar surface area (TPSA) is 3.24 Å². The molecule has 1 atom stereocenters. The molecule has 9 heavy (non-hydrogen) atoms. The molecule has 0 amide bonds. The lowest BCUT2D eigenvalue weighted by atomic mass is 10.1. The van der Waals surface area contributed by atoms with Crippen LogP contribution in [0.1, 0.15) is 20.3 Å². The number of hydrogen-bond acceptors (Lipinski definition) is 1. The lowest BCUT2D eigenvalue weighted by molar-refractivity contribution is 0.0324. The van der Waals surface area contributed by atoms with Crippen molar-refractivity contribution in [1.29, 1.82) is 0 Å². The molecule has 2 heteroatoms. The van der Waals surface area contributed by atoms with Crippen LogP contribution in [0.15, 0.2) is 0 Å². The van der Waals surface area contributed by atoms with E-state index >= 15 is 0 Å². The highest BCUT2D eigenvalue weighted by Gasteiger charge is 2.28.